The van der Waals surface area contributed by atoms with E-state index in [1.807, 2.05) is 39.0 Å². The van der Waals surface area contributed by atoms with Gasteiger partial charge >= 0.3 is 5.97 Å². The topological polar surface area (TPSA) is 111 Å². The summed E-state index contributed by atoms with van der Waals surface area (Å²) in [5, 5.41) is 6.71. The molecule has 0 spiro atoms. The molecule has 184 valence electrons. The smallest absolute Gasteiger partial charge is 0.338 e. The van der Waals surface area contributed by atoms with E-state index in [0.717, 1.165) is 28.1 Å². The largest absolute Gasteiger partial charge is 0.489 e. The molecule has 0 aliphatic rings. The highest BCUT2D eigenvalue weighted by atomic mass is 16.5. The van der Waals surface area contributed by atoms with E-state index in [2.05, 4.69) is 10.5 Å². The van der Waals surface area contributed by atoms with E-state index in [-0.39, 0.29) is 24.6 Å². The van der Waals surface area contributed by atoms with Gasteiger partial charge in [-0.1, -0.05) is 29.4 Å². The minimum Gasteiger partial charge on any atom is -0.489 e. The highest BCUT2D eigenvalue weighted by Crippen LogP contribution is 2.20. The van der Waals surface area contributed by atoms with Crippen LogP contribution in [0.25, 0.3) is 0 Å². The number of likely N-dealkylation sites (N-methyl/N-ethyl adjacent to an activating group) is 1. The van der Waals surface area contributed by atoms with E-state index in [4.69, 9.17) is 14.0 Å². The van der Waals surface area contributed by atoms with Crippen molar-refractivity contribution in [1.82, 2.24) is 10.1 Å². The van der Waals surface area contributed by atoms with Gasteiger partial charge in [0.25, 0.3) is 5.91 Å². The zero-order valence-electron chi connectivity index (χ0n) is 20.5. The third-order valence-electron chi connectivity index (χ3n) is 5.51. The van der Waals surface area contributed by atoms with Gasteiger partial charge in [0.05, 0.1) is 23.4 Å². The molecule has 0 aliphatic carbocycles. The van der Waals surface area contributed by atoms with Crippen molar-refractivity contribution in [1.29, 1.82) is 0 Å². The molecule has 0 unspecified atom stereocenters. The van der Waals surface area contributed by atoms with Gasteiger partial charge in [0.1, 0.15) is 18.1 Å². The van der Waals surface area contributed by atoms with Crippen molar-refractivity contribution in [3.05, 3.63) is 76.2 Å². The molecular weight excluding hydrogens is 450 g/mol. The van der Waals surface area contributed by atoms with Crippen molar-refractivity contribution >= 4 is 23.5 Å². The normalized spacial score (nSPS) is 10.5. The highest BCUT2D eigenvalue weighted by Gasteiger charge is 2.17. The molecule has 35 heavy (non-hydrogen) atoms. The third kappa shape index (κ3) is 6.69. The molecule has 0 fully saturated rings. The molecule has 0 radical (unpaired) electrons. The summed E-state index contributed by atoms with van der Waals surface area (Å²) >= 11 is 0. The Labute approximate surface area is 204 Å². The van der Waals surface area contributed by atoms with Crippen LogP contribution in [0.2, 0.25) is 0 Å². The van der Waals surface area contributed by atoms with Gasteiger partial charge in [-0.15, -0.1) is 0 Å². The lowest BCUT2D eigenvalue weighted by Crippen LogP contribution is -2.37. The Morgan fingerprint density at radius 2 is 1.71 bits per heavy atom. The minimum atomic E-state index is -0.672. The number of ether oxygens (including phenoxy) is 2. The van der Waals surface area contributed by atoms with Crippen molar-refractivity contribution < 1.29 is 28.4 Å². The monoisotopic (exact) mass is 479 g/mol. The summed E-state index contributed by atoms with van der Waals surface area (Å²) in [7, 11) is 1.48. The number of carbonyl (C=O) groups is 3. The lowest BCUT2D eigenvalue weighted by molar-refractivity contribution is -0.136. The van der Waals surface area contributed by atoms with Crippen molar-refractivity contribution in [2.24, 2.45) is 0 Å². The first-order valence-corrected chi connectivity index (χ1v) is 11.1. The number of aromatic nitrogens is 1. The Morgan fingerprint density at radius 1 is 1.03 bits per heavy atom. The van der Waals surface area contributed by atoms with E-state index in [1.165, 1.54) is 18.0 Å². The zero-order valence-corrected chi connectivity index (χ0v) is 20.5. The Bertz CT molecular complexity index is 1190. The quantitative estimate of drug-likeness (QED) is 0.466. The summed E-state index contributed by atoms with van der Waals surface area (Å²) in [4.78, 5) is 38.4. The van der Waals surface area contributed by atoms with Crippen LogP contribution in [-0.4, -0.2) is 48.0 Å². The number of nitrogens with zero attached hydrogens (tertiary/aromatic N) is 2. The maximum atomic E-state index is 12.5. The SMILES string of the molecule is Cc1cccc(C)c1NC(=O)CN(C)C(=O)COC(=O)c1cccc(OCc2c(C)noc2C)c1. The van der Waals surface area contributed by atoms with Crippen LogP contribution < -0.4 is 10.1 Å². The van der Waals surface area contributed by atoms with E-state index in [0.29, 0.717) is 11.5 Å². The number of anilines is 1. The van der Waals surface area contributed by atoms with Crippen molar-refractivity contribution in [3.8, 4) is 5.75 Å². The van der Waals surface area contributed by atoms with E-state index in [1.54, 1.807) is 25.1 Å². The first kappa shape index (κ1) is 25.5. The van der Waals surface area contributed by atoms with Gasteiger partial charge in [-0.05, 0) is 57.0 Å². The molecule has 0 saturated heterocycles. The predicted molar refractivity (Wildman–Crippen MR) is 129 cm³/mol. The van der Waals surface area contributed by atoms with Crippen molar-refractivity contribution in [3.63, 3.8) is 0 Å². The highest BCUT2D eigenvalue weighted by molar-refractivity contribution is 5.96. The number of carbonyl (C=O) groups excluding carboxylic acids is 3. The molecule has 0 bridgehead atoms. The maximum absolute atomic E-state index is 12.5. The number of para-hydroxylation sites is 1. The van der Waals surface area contributed by atoms with Crippen molar-refractivity contribution in [2.45, 2.75) is 34.3 Å². The molecule has 1 aromatic heterocycles. The number of hydrogen-bond donors (Lipinski definition) is 1. The molecule has 2 amide bonds. The third-order valence-corrected chi connectivity index (χ3v) is 5.51. The average Bonchev–Trinajstić information content (AvgIpc) is 3.15. The van der Waals surface area contributed by atoms with Gasteiger partial charge in [-0.25, -0.2) is 4.79 Å². The van der Waals surface area contributed by atoms with Crippen LogP contribution in [0.15, 0.2) is 47.0 Å². The fourth-order valence-corrected chi connectivity index (χ4v) is 3.39. The van der Waals surface area contributed by atoms with Gasteiger partial charge in [0.15, 0.2) is 6.61 Å². The Kier molecular flexibility index (Phi) is 8.25. The number of amides is 2. The first-order valence-electron chi connectivity index (χ1n) is 11.1. The number of esters is 1. The molecule has 3 rings (SSSR count). The fourth-order valence-electron chi connectivity index (χ4n) is 3.39. The van der Waals surface area contributed by atoms with Crippen LogP contribution in [-0.2, 0) is 20.9 Å². The molecule has 0 saturated carbocycles. The van der Waals surface area contributed by atoms with E-state index < -0.39 is 18.5 Å². The van der Waals surface area contributed by atoms with Crippen molar-refractivity contribution in [2.75, 3.05) is 25.5 Å². The molecule has 0 atom stereocenters. The molecule has 9 nitrogen and oxygen atoms in total. The van der Waals surface area contributed by atoms with Crippen LogP contribution in [0.4, 0.5) is 5.69 Å². The summed E-state index contributed by atoms with van der Waals surface area (Å²) in [6, 6.07) is 12.2. The molecule has 1 heterocycles. The number of hydrogen-bond acceptors (Lipinski definition) is 7. The molecule has 3 aromatic rings. The molecule has 9 heteroatoms. The maximum Gasteiger partial charge on any atom is 0.338 e. The summed E-state index contributed by atoms with van der Waals surface area (Å²) in [5.41, 5.74) is 4.40. The van der Waals surface area contributed by atoms with Crippen LogP contribution in [0.1, 0.15) is 38.5 Å². The van der Waals surface area contributed by atoms with Gasteiger partial charge in [-0.2, -0.15) is 0 Å². The first-order chi connectivity index (χ1) is 16.7. The zero-order chi connectivity index (χ0) is 25.5. The number of nitrogens with one attached hydrogen (secondary N) is 1. The fraction of sp³-hybridized carbons (Fsp3) is 0.308. The lowest BCUT2D eigenvalue weighted by atomic mass is 10.1. The van der Waals surface area contributed by atoms with Gasteiger partial charge < -0.3 is 24.2 Å². The van der Waals surface area contributed by atoms with Gasteiger partial charge in [0, 0.05) is 12.7 Å². The summed E-state index contributed by atoms with van der Waals surface area (Å²) < 4.78 is 16.0. The number of aryl methyl sites for hydroxylation is 4. The Morgan fingerprint density at radius 3 is 2.37 bits per heavy atom. The average molecular weight is 480 g/mol. The summed E-state index contributed by atoms with van der Waals surface area (Å²) in [6.45, 7) is 7.00. The second-order valence-electron chi connectivity index (χ2n) is 8.26. The molecule has 1 N–H and O–H groups in total. The van der Waals surface area contributed by atoms with Crippen LogP contribution in [0.3, 0.4) is 0 Å². The Balaban J connectivity index is 1.50. The Hall–Kier alpha value is -4.14. The van der Waals surface area contributed by atoms with E-state index in [9.17, 15) is 14.4 Å². The van der Waals surface area contributed by atoms with Crippen LogP contribution in [0.5, 0.6) is 5.75 Å². The second kappa shape index (κ2) is 11.3. The minimum absolute atomic E-state index is 0.171. The predicted octanol–water partition coefficient (Wildman–Crippen LogP) is 3.74. The van der Waals surface area contributed by atoms with Gasteiger partial charge in [-0.3, -0.25) is 9.59 Å². The van der Waals surface area contributed by atoms with Crippen LogP contribution in [0, 0.1) is 27.7 Å². The number of rotatable bonds is 9. The molecular formula is C26H29N3O6. The molecule has 2 aromatic carbocycles. The second-order valence-corrected chi connectivity index (χ2v) is 8.26. The summed E-state index contributed by atoms with van der Waals surface area (Å²) in [6.07, 6.45) is 0. The number of benzene rings is 2. The molecule has 0 aliphatic heterocycles. The van der Waals surface area contributed by atoms with Gasteiger partial charge in [0.2, 0.25) is 5.91 Å². The summed E-state index contributed by atoms with van der Waals surface area (Å²) in [5.74, 6) is -0.377. The van der Waals surface area contributed by atoms with Crippen LogP contribution >= 0.6 is 0 Å². The van der Waals surface area contributed by atoms with E-state index >= 15 is 0 Å². The standard InChI is InChI=1S/C26H29N3O6/c1-16-8-6-9-17(2)25(16)27-23(30)13-29(5)24(31)15-34-26(32)20-10-7-11-21(12-20)33-14-22-18(3)28-35-19(22)4/h6-12H,13-15H2,1-5H3,(H,27,30). The lowest BCUT2D eigenvalue weighted by Gasteiger charge is -2.18.